The van der Waals surface area contributed by atoms with Crippen molar-refractivity contribution in [3.05, 3.63) is 0 Å². The molecule has 1 aliphatic heterocycles. The molecule has 1 fully saturated rings. The van der Waals surface area contributed by atoms with Crippen LogP contribution in [0.4, 0.5) is 0 Å². The Bertz CT molecular complexity index is 247. The van der Waals surface area contributed by atoms with E-state index in [9.17, 15) is 4.79 Å². The second-order valence-electron chi connectivity index (χ2n) is 5.35. The van der Waals surface area contributed by atoms with E-state index in [-0.39, 0.29) is 11.4 Å². The molecule has 0 radical (unpaired) electrons. The molecule has 4 heteroatoms. The monoisotopic (exact) mass is 241 g/mol. The third-order valence-electron chi connectivity index (χ3n) is 3.70. The summed E-state index contributed by atoms with van der Waals surface area (Å²) in [6.07, 6.45) is 4.03. The number of rotatable bonds is 6. The Labute approximate surface area is 105 Å². The average molecular weight is 241 g/mol. The minimum atomic E-state index is -0.271. The van der Waals surface area contributed by atoms with E-state index in [1.165, 1.54) is 0 Å². The molecule has 17 heavy (non-hydrogen) atoms. The summed E-state index contributed by atoms with van der Waals surface area (Å²) in [5.74, 6) is 0.274. The Morgan fingerprint density at radius 1 is 1.29 bits per heavy atom. The van der Waals surface area contributed by atoms with Crippen LogP contribution in [0.3, 0.4) is 0 Å². The highest BCUT2D eigenvalue weighted by molar-refractivity contribution is 5.86. The van der Waals surface area contributed by atoms with Gasteiger partial charge in [0.15, 0.2) is 0 Å². The summed E-state index contributed by atoms with van der Waals surface area (Å²) in [5, 5.41) is 3.40. The zero-order valence-corrected chi connectivity index (χ0v) is 11.8. The molecule has 0 saturated carbocycles. The maximum Gasteiger partial charge on any atom is 0.242 e. The predicted molar refractivity (Wildman–Crippen MR) is 71.1 cm³/mol. The number of hydrogen-bond donors (Lipinski definition) is 1. The smallest absolute Gasteiger partial charge is 0.242 e. The SMILES string of the molecule is CCC1(C(=O)N(C)CCCN(C)C)CCCN1. The molecule has 100 valence electrons. The van der Waals surface area contributed by atoms with E-state index in [0.29, 0.717) is 0 Å². The molecule has 1 unspecified atom stereocenters. The molecule has 4 nitrogen and oxygen atoms in total. The van der Waals surface area contributed by atoms with Crippen LogP contribution in [0.25, 0.3) is 0 Å². The van der Waals surface area contributed by atoms with Crippen LogP contribution in [0.5, 0.6) is 0 Å². The highest BCUT2D eigenvalue weighted by atomic mass is 16.2. The fourth-order valence-electron chi connectivity index (χ4n) is 2.53. The quantitative estimate of drug-likeness (QED) is 0.751. The van der Waals surface area contributed by atoms with Crippen molar-refractivity contribution < 1.29 is 4.79 Å². The summed E-state index contributed by atoms with van der Waals surface area (Å²) in [6, 6.07) is 0. The third kappa shape index (κ3) is 3.68. The van der Waals surface area contributed by atoms with Gasteiger partial charge in [-0.15, -0.1) is 0 Å². The van der Waals surface area contributed by atoms with E-state index in [1.54, 1.807) is 0 Å². The molecule has 1 amide bonds. The highest BCUT2D eigenvalue weighted by Gasteiger charge is 2.40. The van der Waals surface area contributed by atoms with Crippen molar-refractivity contribution in [3.63, 3.8) is 0 Å². The van der Waals surface area contributed by atoms with Gasteiger partial charge < -0.3 is 15.1 Å². The van der Waals surface area contributed by atoms with E-state index >= 15 is 0 Å². The van der Waals surface area contributed by atoms with E-state index in [0.717, 1.165) is 45.3 Å². The number of likely N-dealkylation sites (N-methyl/N-ethyl adjacent to an activating group) is 1. The van der Waals surface area contributed by atoms with Crippen LogP contribution in [-0.2, 0) is 4.79 Å². The Hall–Kier alpha value is -0.610. The molecule has 1 heterocycles. The van der Waals surface area contributed by atoms with Crippen molar-refractivity contribution in [2.24, 2.45) is 0 Å². The number of nitrogens with one attached hydrogen (secondary N) is 1. The number of carbonyl (C=O) groups excluding carboxylic acids is 1. The van der Waals surface area contributed by atoms with Crippen molar-refractivity contribution >= 4 is 5.91 Å². The van der Waals surface area contributed by atoms with Crippen LogP contribution < -0.4 is 5.32 Å². The molecule has 0 bridgehead atoms. The second-order valence-corrected chi connectivity index (χ2v) is 5.35. The van der Waals surface area contributed by atoms with Crippen molar-refractivity contribution in [1.82, 2.24) is 15.1 Å². The van der Waals surface area contributed by atoms with Gasteiger partial charge >= 0.3 is 0 Å². The number of amides is 1. The first-order valence-electron chi connectivity index (χ1n) is 6.67. The van der Waals surface area contributed by atoms with Crippen LogP contribution in [0, 0.1) is 0 Å². The predicted octanol–water partition coefficient (Wildman–Crippen LogP) is 0.929. The molecule has 1 saturated heterocycles. The van der Waals surface area contributed by atoms with Gasteiger partial charge in [0.05, 0.1) is 5.54 Å². The normalized spacial score (nSPS) is 24.3. The largest absolute Gasteiger partial charge is 0.344 e. The van der Waals surface area contributed by atoms with E-state index in [4.69, 9.17) is 0 Å². The van der Waals surface area contributed by atoms with Gasteiger partial charge in [-0.3, -0.25) is 4.79 Å². The number of carbonyl (C=O) groups is 1. The van der Waals surface area contributed by atoms with Gasteiger partial charge in [0.2, 0.25) is 5.91 Å². The lowest BCUT2D eigenvalue weighted by Gasteiger charge is -2.32. The Balaban J connectivity index is 2.44. The van der Waals surface area contributed by atoms with Gasteiger partial charge in [-0.25, -0.2) is 0 Å². The Morgan fingerprint density at radius 3 is 2.47 bits per heavy atom. The fourth-order valence-corrected chi connectivity index (χ4v) is 2.53. The summed E-state index contributed by atoms with van der Waals surface area (Å²) in [5.41, 5.74) is -0.271. The van der Waals surface area contributed by atoms with Crippen molar-refractivity contribution in [2.45, 2.75) is 38.1 Å². The molecule has 0 aromatic heterocycles. The number of hydrogen-bond acceptors (Lipinski definition) is 3. The first-order valence-corrected chi connectivity index (χ1v) is 6.67. The third-order valence-corrected chi connectivity index (χ3v) is 3.70. The lowest BCUT2D eigenvalue weighted by molar-refractivity contribution is -0.136. The lowest BCUT2D eigenvalue weighted by Crippen LogP contribution is -2.53. The van der Waals surface area contributed by atoms with Gasteiger partial charge in [0.25, 0.3) is 0 Å². The highest BCUT2D eigenvalue weighted by Crippen LogP contribution is 2.25. The summed E-state index contributed by atoms with van der Waals surface area (Å²) < 4.78 is 0. The molecular formula is C13H27N3O. The second kappa shape index (κ2) is 6.36. The summed E-state index contributed by atoms with van der Waals surface area (Å²) in [4.78, 5) is 16.5. The van der Waals surface area contributed by atoms with E-state index < -0.39 is 0 Å². The van der Waals surface area contributed by atoms with Crippen LogP contribution in [-0.4, -0.2) is 62.0 Å². The zero-order chi connectivity index (χ0) is 12.9. The van der Waals surface area contributed by atoms with Crippen LogP contribution in [0.2, 0.25) is 0 Å². The molecule has 1 aliphatic rings. The summed E-state index contributed by atoms with van der Waals surface area (Å²) in [7, 11) is 6.05. The topological polar surface area (TPSA) is 35.6 Å². The molecule has 1 atom stereocenters. The van der Waals surface area contributed by atoms with Crippen LogP contribution in [0.15, 0.2) is 0 Å². The Morgan fingerprint density at radius 2 is 2.00 bits per heavy atom. The molecular weight excluding hydrogens is 214 g/mol. The van der Waals surface area contributed by atoms with E-state index in [1.807, 2.05) is 11.9 Å². The van der Waals surface area contributed by atoms with E-state index in [2.05, 4.69) is 31.2 Å². The minimum absolute atomic E-state index is 0.271. The number of nitrogens with zero attached hydrogens (tertiary/aromatic N) is 2. The Kier molecular flexibility index (Phi) is 5.40. The van der Waals surface area contributed by atoms with Gasteiger partial charge in [-0.2, -0.15) is 0 Å². The van der Waals surface area contributed by atoms with Crippen molar-refractivity contribution in [1.29, 1.82) is 0 Å². The van der Waals surface area contributed by atoms with Gasteiger partial charge in [0.1, 0.15) is 0 Å². The maximum atomic E-state index is 12.4. The standard InChI is InChI=1S/C13H27N3O/c1-5-13(8-6-9-14-13)12(17)16(4)11-7-10-15(2)3/h14H,5-11H2,1-4H3. The molecule has 0 aliphatic carbocycles. The maximum absolute atomic E-state index is 12.4. The van der Waals surface area contributed by atoms with Crippen LogP contribution in [0.1, 0.15) is 32.6 Å². The average Bonchev–Trinajstić information content (AvgIpc) is 2.77. The molecule has 0 aromatic carbocycles. The zero-order valence-electron chi connectivity index (χ0n) is 11.8. The fraction of sp³-hybridized carbons (Fsp3) is 0.923. The molecule has 0 aromatic rings. The first kappa shape index (κ1) is 14.5. The van der Waals surface area contributed by atoms with Gasteiger partial charge in [0, 0.05) is 13.6 Å². The van der Waals surface area contributed by atoms with Gasteiger partial charge in [-0.05, 0) is 52.9 Å². The van der Waals surface area contributed by atoms with Crippen molar-refractivity contribution in [3.8, 4) is 0 Å². The lowest BCUT2D eigenvalue weighted by atomic mass is 9.92. The van der Waals surface area contributed by atoms with Crippen LogP contribution >= 0.6 is 0 Å². The summed E-state index contributed by atoms with van der Waals surface area (Å²) >= 11 is 0. The van der Waals surface area contributed by atoms with Crippen molar-refractivity contribution in [2.75, 3.05) is 40.8 Å². The molecule has 1 N–H and O–H groups in total. The summed E-state index contributed by atoms with van der Waals surface area (Å²) in [6.45, 7) is 4.96. The van der Waals surface area contributed by atoms with Gasteiger partial charge in [-0.1, -0.05) is 6.92 Å². The molecule has 1 rings (SSSR count). The first-order chi connectivity index (χ1) is 8.02. The molecule has 0 spiro atoms. The minimum Gasteiger partial charge on any atom is -0.344 e.